The molecule has 1 N–H and O–H groups in total. The second kappa shape index (κ2) is 14.1. The zero-order chi connectivity index (χ0) is 31.9. The fraction of sp³-hybridized carbons (Fsp3) is 0.333. The molecule has 0 radical (unpaired) electrons. The number of methoxy groups -OCH3 is 1. The number of nitrogens with zero attached hydrogens (tertiary/aromatic N) is 5. The van der Waals surface area contributed by atoms with Crippen molar-refractivity contribution in [2.75, 3.05) is 19.0 Å². The molecule has 8 nitrogen and oxygen atoms in total. The van der Waals surface area contributed by atoms with E-state index >= 15 is 0 Å². The molecule has 0 bridgehead atoms. The Balaban J connectivity index is 1.42. The average Bonchev–Trinajstić information content (AvgIpc) is 3.47. The number of nitrogens with one attached hydrogen (secondary N) is 1. The number of hydrogen-bond donors (Lipinski definition) is 1. The van der Waals surface area contributed by atoms with Gasteiger partial charge in [-0.15, -0.1) is 0 Å². The van der Waals surface area contributed by atoms with Gasteiger partial charge in [0.15, 0.2) is 5.82 Å². The summed E-state index contributed by atoms with van der Waals surface area (Å²) in [4.78, 5) is 9.16. The predicted molar refractivity (Wildman–Crippen MR) is 183 cm³/mol. The van der Waals surface area contributed by atoms with Crippen molar-refractivity contribution in [3.05, 3.63) is 103 Å². The van der Waals surface area contributed by atoms with Crippen LogP contribution < -0.4 is 20.4 Å². The Labute approximate surface area is 267 Å². The van der Waals surface area contributed by atoms with E-state index in [1.807, 2.05) is 16.8 Å². The van der Waals surface area contributed by atoms with Crippen molar-refractivity contribution >= 4 is 35.5 Å². The fourth-order valence-corrected chi connectivity index (χ4v) is 10.8. The first kappa shape index (κ1) is 31.9. The van der Waals surface area contributed by atoms with Crippen LogP contribution in [-0.2, 0) is 11.0 Å². The molecule has 0 aliphatic heterocycles. The molecule has 0 unspecified atom stereocenters. The molecule has 2 aromatic heterocycles. The van der Waals surface area contributed by atoms with Crippen molar-refractivity contribution in [3.63, 3.8) is 0 Å². The largest absolute Gasteiger partial charge is 0.496 e. The summed E-state index contributed by atoms with van der Waals surface area (Å²) in [5.41, 5.74) is 3.00. The Bertz CT molecular complexity index is 1710. The predicted octanol–water partition coefficient (Wildman–Crippen LogP) is 6.30. The molecule has 9 heteroatoms. The van der Waals surface area contributed by atoms with Crippen molar-refractivity contribution in [2.24, 2.45) is 0 Å². The van der Waals surface area contributed by atoms with Gasteiger partial charge in [0.2, 0.25) is 0 Å². The number of rotatable bonds is 13. The molecule has 0 aliphatic carbocycles. The highest BCUT2D eigenvalue weighted by Crippen LogP contribution is 2.37. The summed E-state index contributed by atoms with van der Waals surface area (Å²) in [5.74, 6) is 1.44. The first-order valence-corrected chi connectivity index (χ1v) is 17.5. The molecule has 0 aliphatic rings. The molecule has 0 spiro atoms. The van der Waals surface area contributed by atoms with Crippen molar-refractivity contribution < 1.29 is 9.16 Å². The highest BCUT2D eigenvalue weighted by atomic mass is 28.4. The summed E-state index contributed by atoms with van der Waals surface area (Å²) in [6, 6.07) is 29.3. The lowest BCUT2D eigenvalue weighted by molar-refractivity contribution is 0.281. The van der Waals surface area contributed by atoms with Crippen LogP contribution in [0.2, 0.25) is 5.04 Å². The molecule has 5 rings (SSSR count). The standard InChI is InChI=1S/C36H42N6O2Si/c1-6-13-29(20-21-44-45(36(2,3)4,30-14-9-7-10-15-30)31-16-11-8-12-17-31)41-35-34-32(38-26-39-35)24-40-42(34)25-28-22-27(23-37)18-19-33(28)43-5/h7-12,14-19,22,24,26,29H,6,13,20-21,25H2,1-5H3,(H,38,39,41)/t29-/m0/s1. The van der Waals surface area contributed by atoms with E-state index < -0.39 is 8.32 Å². The average molecular weight is 619 g/mol. The second-order valence-corrected chi connectivity index (χ2v) is 16.6. The molecule has 5 aromatic rings. The Hall–Kier alpha value is -4.52. The quantitative estimate of drug-likeness (QED) is 0.155. The number of aromatic nitrogens is 4. The molecule has 2 heterocycles. The first-order valence-electron chi connectivity index (χ1n) is 15.6. The van der Waals surface area contributed by atoms with Gasteiger partial charge in [-0.2, -0.15) is 10.4 Å². The zero-order valence-corrected chi connectivity index (χ0v) is 27.8. The maximum Gasteiger partial charge on any atom is 0.261 e. The molecule has 3 aromatic carbocycles. The zero-order valence-electron chi connectivity index (χ0n) is 26.8. The Morgan fingerprint density at radius 2 is 1.64 bits per heavy atom. The molecular formula is C36H42N6O2Si. The number of fused-ring (bicyclic) bond motifs is 1. The second-order valence-electron chi connectivity index (χ2n) is 12.3. The third-order valence-corrected chi connectivity index (χ3v) is 13.4. The van der Waals surface area contributed by atoms with Gasteiger partial charge in [0.1, 0.15) is 23.1 Å². The van der Waals surface area contributed by atoms with Crippen LogP contribution in [0.3, 0.4) is 0 Å². The van der Waals surface area contributed by atoms with E-state index in [-0.39, 0.29) is 11.1 Å². The van der Waals surface area contributed by atoms with Gasteiger partial charge in [-0.3, -0.25) is 4.68 Å². The minimum Gasteiger partial charge on any atom is -0.496 e. The normalized spacial score (nSPS) is 12.5. The number of ether oxygens (including phenoxy) is 1. The SMILES string of the molecule is CCC[C@@H](CCO[Si](c1ccccc1)(c1ccccc1)C(C)(C)C)Nc1ncnc2cnn(Cc3cc(C#N)ccc3OC)c12. The van der Waals surface area contributed by atoms with E-state index in [0.29, 0.717) is 24.5 Å². The number of nitriles is 1. The van der Waals surface area contributed by atoms with Crippen LogP contribution in [0.1, 0.15) is 58.1 Å². The lowest BCUT2D eigenvalue weighted by atomic mass is 10.1. The first-order chi connectivity index (χ1) is 21.8. The molecule has 0 amide bonds. The molecule has 45 heavy (non-hydrogen) atoms. The van der Waals surface area contributed by atoms with Crippen LogP contribution in [-0.4, -0.2) is 47.8 Å². The van der Waals surface area contributed by atoms with Gasteiger partial charge in [-0.25, -0.2) is 9.97 Å². The van der Waals surface area contributed by atoms with E-state index in [1.54, 1.807) is 25.7 Å². The maximum absolute atomic E-state index is 9.46. The van der Waals surface area contributed by atoms with Gasteiger partial charge >= 0.3 is 0 Å². The minimum absolute atomic E-state index is 0.0847. The van der Waals surface area contributed by atoms with E-state index in [4.69, 9.17) is 9.16 Å². The van der Waals surface area contributed by atoms with Gasteiger partial charge in [0.25, 0.3) is 8.32 Å². The number of anilines is 1. The summed E-state index contributed by atoms with van der Waals surface area (Å²) < 4.78 is 14.7. The molecule has 232 valence electrons. The Kier molecular flexibility index (Phi) is 9.96. The smallest absolute Gasteiger partial charge is 0.261 e. The maximum atomic E-state index is 9.46. The van der Waals surface area contributed by atoms with Crippen molar-refractivity contribution in [3.8, 4) is 11.8 Å². The summed E-state index contributed by atoms with van der Waals surface area (Å²) in [5, 5.41) is 20.3. The Morgan fingerprint density at radius 1 is 0.956 bits per heavy atom. The van der Waals surface area contributed by atoms with Crippen LogP contribution in [0.5, 0.6) is 5.75 Å². The molecule has 1 atom stereocenters. The monoisotopic (exact) mass is 618 g/mol. The van der Waals surface area contributed by atoms with E-state index in [1.165, 1.54) is 10.4 Å². The van der Waals surface area contributed by atoms with Gasteiger partial charge < -0.3 is 14.5 Å². The van der Waals surface area contributed by atoms with Gasteiger partial charge in [-0.05, 0) is 46.5 Å². The van der Waals surface area contributed by atoms with Crippen molar-refractivity contribution in [1.82, 2.24) is 19.7 Å². The van der Waals surface area contributed by atoms with Gasteiger partial charge in [0.05, 0.1) is 31.5 Å². The van der Waals surface area contributed by atoms with E-state index in [9.17, 15) is 5.26 Å². The van der Waals surface area contributed by atoms with E-state index in [0.717, 1.165) is 41.7 Å². The van der Waals surface area contributed by atoms with E-state index in [2.05, 4.69) is 115 Å². The van der Waals surface area contributed by atoms with Crippen LogP contribution in [0, 0.1) is 11.3 Å². The summed E-state index contributed by atoms with van der Waals surface area (Å²) in [6.07, 6.45) is 6.12. The summed E-state index contributed by atoms with van der Waals surface area (Å²) >= 11 is 0. The highest BCUT2D eigenvalue weighted by Gasteiger charge is 2.50. The third kappa shape index (κ3) is 6.77. The molecule has 0 saturated carbocycles. The fourth-order valence-electron chi connectivity index (χ4n) is 6.23. The van der Waals surface area contributed by atoms with Crippen LogP contribution in [0.4, 0.5) is 5.82 Å². The lowest BCUT2D eigenvalue weighted by Crippen LogP contribution is -2.66. The Morgan fingerprint density at radius 3 is 2.24 bits per heavy atom. The van der Waals surface area contributed by atoms with Gasteiger partial charge in [-0.1, -0.05) is 94.8 Å². The summed E-state index contributed by atoms with van der Waals surface area (Å²) in [6.45, 7) is 10.1. The summed E-state index contributed by atoms with van der Waals surface area (Å²) in [7, 11) is -1.00. The topological polar surface area (TPSA) is 97.9 Å². The van der Waals surface area contributed by atoms with Crippen LogP contribution >= 0.6 is 0 Å². The number of hydrogen-bond acceptors (Lipinski definition) is 7. The lowest BCUT2D eigenvalue weighted by Gasteiger charge is -2.43. The minimum atomic E-state index is -2.64. The molecule has 0 fully saturated rings. The molecular weight excluding hydrogens is 577 g/mol. The van der Waals surface area contributed by atoms with Crippen LogP contribution in [0.25, 0.3) is 11.0 Å². The van der Waals surface area contributed by atoms with Crippen LogP contribution in [0.15, 0.2) is 91.4 Å². The third-order valence-electron chi connectivity index (χ3n) is 8.34. The number of benzene rings is 3. The van der Waals surface area contributed by atoms with Crippen molar-refractivity contribution in [2.45, 2.75) is 64.6 Å². The highest BCUT2D eigenvalue weighted by molar-refractivity contribution is 6.99. The van der Waals surface area contributed by atoms with Crippen molar-refractivity contribution in [1.29, 1.82) is 5.26 Å². The van der Waals surface area contributed by atoms with Gasteiger partial charge in [0, 0.05) is 18.2 Å². The molecule has 0 saturated heterocycles.